The minimum absolute atomic E-state index is 0.304. The Bertz CT molecular complexity index is 1170. The van der Waals surface area contributed by atoms with Crippen molar-refractivity contribution in [1.29, 1.82) is 0 Å². The summed E-state index contributed by atoms with van der Waals surface area (Å²) in [6.45, 7) is 5.15. The SMILES string of the molecule is CCOc1ccc(C=Nc2ccc([C@@H]3Nc4ccccc4[C@H]4C=CC[C@@H]43)cc2)cc1OCC. The molecule has 0 saturated heterocycles. The Morgan fingerprint density at radius 1 is 0.939 bits per heavy atom. The molecule has 0 spiro atoms. The highest BCUT2D eigenvalue weighted by Gasteiger charge is 2.37. The van der Waals surface area contributed by atoms with Gasteiger partial charge in [-0.2, -0.15) is 0 Å². The number of anilines is 1. The molecule has 0 amide bonds. The van der Waals surface area contributed by atoms with E-state index in [1.165, 1.54) is 16.8 Å². The molecular formula is C29H30N2O2. The first-order valence-corrected chi connectivity index (χ1v) is 11.8. The molecule has 33 heavy (non-hydrogen) atoms. The zero-order chi connectivity index (χ0) is 22.6. The van der Waals surface area contributed by atoms with Gasteiger partial charge < -0.3 is 14.8 Å². The highest BCUT2D eigenvalue weighted by Crippen LogP contribution is 2.49. The monoisotopic (exact) mass is 438 g/mol. The summed E-state index contributed by atoms with van der Waals surface area (Å²) in [5.41, 5.74) is 5.88. The topological polar surface area (TPSA) is 42.8 Å². The fraction of sp³-hybridized carbons (Fsp3) is 0.276. The molecule has 1 heterocycles. The Balaban J connectivity index is 1.33. The van der Waals surface area contributed by atoms with Crippen LogP contribution in [0.25, 0.3) is 0 Å². The molecule has 0 saturated carbocycles. The molecule has 168 valence electrons. The zero-order valence-corrected chi connectivity index (χ0v) is 19.2. The largest absolute Gasteiger partial charge is 0.490 e. The Morgan fingerprint density at radius 2 is 1.73 bits per heavy atom. The van der Waals surface area contributed by atoms with Crippen molar-refractivity contribution in [3.63, 3.8) is 0 Å². The van der Waals surface area contributed by atoms with Crippen LogP contribution in [-0.2, 0) is 0 Å². The highest BCUT2D eigenvalue weighted by atomic mass is 16.5. The number of nitrogens with zero attached hydrogens (tertiary/aromatic N) is 1. The van der Waals surface area contributed by atoms with Gasteiger partial charge in [-0.25, -0.2) is 0 Å². The normalized spacial score (nSPS) is 20.8. The Labute approximate surface area is 196 Å². The lowest BCUT2D eigenvalue weighted by atomic mass is 9.77. The number of fused-ring (bicyclic) bond motifs is 3. The van der Waals surface area contributed by atoms with Gasteiger partial charge in [0, 0.05) is 17.8 Å². The van der Waals surface area contributed by atoms with Gasteiger partial charge in [-0.05, 0) is 79.3 Å². The minimum atomic E-state index is 0.304. The quantitative estimate of drug-likeness (QED) is 0.317. The van der Waals surface area contributed by atoms with Crippen LogP contribution in [0.1, 0.15) is 48.9 Å². The van der Waals surface area contributed by atoms with Crippen molar-refractivity contribution in [2.24, 2.45) is 10.9 Å². The number of allylic oxidation sites excluding steroid dienone is 2. The molecule has 3 aromatic carbocycles. The fourth-order valence-corrected chi connectivity index (χ4v) is 4.94. The van der Waals surface area contributed by atoms with Gasteiger partial charge in [0.2, 0.25) is 0 Å². The average Bonchev–Trinajstić information content (AvgIpc) is 3.35. The van der Waals surface area contributed by atoms with Gasteiger partial charge >= 0.3 is 0 Å². The molecule has 3 atom stereocenters. The number of hydrogen-bond acceptors (Lipinski definition) is 4. The third-order valence-corrected chi connectivity index (χ3v) is 6.45. The molecule has 1 aliphatic heterocycles. The summed E-state index contributed by atoms with van der Waals surface area (Å²) in [4.78, 5) is 4.69. The molecule has 0 unspecified atom stereocenters. The van der Waals surface area contributed by atoms with E-state index in [2.05, 4.69) is 71.0 Å². The first-order chi connectivity index (χ1) is 16.3. The lowest BCUT2D eigenvalue weighted by Gasteiger charge is -2.37. The second-order valence-corrected chi connectivity index (χ2v) is 8.48. The van der Waals surface area contributed by atoms with E-state index >= 15 is 0 Å². The molecule has 0 radical (unpaired) electrons. The van der Waals surface area contributed by atoms with E-state index in [-0.39, 0.29) is 0 Å². The van der Waals surface area contributed by atoms with Gasteiger partial charge in [0.1, 0.15) is 0 Å². The van der Waals surface area contributed by atoms with Crippen molar-refractivity contribution in [2.45, 2.75) is 32.2 Å². The molecule has 5 rings (SSSR count). The van der Waals surface area contributed by atoms with Crippen molar-refractivity contribution in [1.82, 2.24) is 0 Å². The van der Waals surface area contributed by atoms with Crippen molar-refractivity contribution in [3.05, 3.63) is 95.6 Å². The van der Waals surface area contributed by atoms with Gasteiger partial charge in [0.15, 0.2) is 11.5 Å². The minimum Gasteiger partial charge on any atom is -0.490 e. The number of hydrogen-bond donors (Lipinski definition) is 1. The lowest BCUT2D eigenvalue weighted by molar-refractivity contribution is 0.288. The van der Waals surface area contributed by atoms with E-state index < -0.39 is 0 Å². The molecule has 4 heteroatoms. The zero-order valence-electron chi connectivity index (χ0n) is 19.2. The van der Waals surface area contributed by atoms with Crippen LogP contribution in [0.2, 0.25) is 0 Å². The summed E-state index contributed by atoms with van der Waals surface area (Å²) < 4.78 is 11.4. The Morgan fingerprint density at radius 3 is 2.55 bits per heavy atom. The number of para-hydroxylation sites is 1. The second kappa shape index (κ2) is 9.53. The Hall–Kier alpha value is -3.53. The van der Waals surface area contributed by atoms with Crippen LogP contribution < -0.4 is 14.8 Å². The molecule has 4 nitrogen and oxygen atoms in total. The Kier molecular flexibility index (Phi) is 6.16. The highest BCUT2D eigenvalue weighted by molar-refractivity contribution is 5.83. The first kappa shape index (κ1) is 21.3. The first-order valence-electron chi connectivity index (χ1n) is 11.8. The standard InChI is InChI=1S/C29H30N2O2/c1-3-32-27-17-12-20(18-28(27)33-4-2)19-30-22-15-13-21(14-16-22)29-25-10-7-9-23(25)24-8-5-6-11-26(24)31-29/h5-9,11-19,23,25,29,31H,3-4,10H2,1-2H3/t23-,25+,29+/m1/s1. The number of rotatable bonds is 7. The molecule has 3 aromatic rings. The lowest BCUT2D eigenvalue weighted by Crippen LogP contribution is -2.28. The van der Waals surface area contributed by atoms with E-state index in [1.807, 2.05) is 38.3 Å². The summed E-state index contributed by atoms with van der Waals surface area (Å²) in [5.74, 6) is 2.56. The van der Waals surface area contributed by atoms with Crippen LogP contribution in [0, 0.1) is 5.92 Å². The summed E-state index contributed by atoms with van der Waals surface area (Å²) >= 11 is 0. The third-order valence-electron chi connectivity index (χ3n) is 6.45. The summed E-state index contributed by atoms with van der Waals surface area (Å²) in [5, 5.41) is 3.79. The number of aliphatic imine (C=N–C) groups is 1. The molecule has 1 aliphatic carbocycles. The van der Waals surface area contributed by atoms with Crippen LogP contribution in [0.15, 0.2) is 83.9 Å². The fourth-order valence-electron chi connectivity index (χ4n) is 4.94. The average molecular weight is 439 g/mol. The second-order valence-electron chi connectivity index (χ2n) is 8.48. The van der Waals surface area contributed by atoms with Crippen molar-refractivity contribution >= 4 is 17.6 Å². The van der Waals surface area contributed by atoms with E-state index in [0.717, 1.165) is 29.2 Å². The van der Waals surface area contributed by atoms with Gasteiger partial charge in [0.25, 0.3) is 0 Å². The van der Waals surface area contributed by atoms with E-state index in [1.54, 1.807) is 0 Å². The van der Waals surface area contributed by atoms with Crippen LogP contribution in [0.3, 0.4) is 0 Å². The maximum absolute atomic E-state index is 5.73. The molecular weight excluding hydrogens is 408 g/mol. The van der Waals surface area contributed by atoms with Crippen LogP contribution >= 0.6 is 0 Å². The van der Waals surface area contributed by atoms with Crippen LogP contribution in [0.4, 0.5) is 11.4 Å². The van der Waals surface area contributed by atoms with E-state index in [4.69, 9.17) is 9.47 Å². The number of ether oxygens (including phenoxy) is 2. The van der Waals surface area contributed by atoms with Crippen LogP contribution in [0.5, 0.6) is 11.5 Å². The van der Waals surface area contributed by atoms with Gasteiger partial charge in [-0.1, -0.05) is 42.5 Å². The maximum atomic E-state index is 5.73. The molecule has 0 aromatic heterocycles. The molecule has 0 fully saturated rings. The number of nitrogens with one attached hydrogen (secondary N) is 1. The molecule has 0 bridgehead atoms. The van der Waals surface area contributed by atoms with Gasteiger partial charge in [-0.15, -0.1) is 0 Å². The van der Waals surface area contributed by atoms with Crippen molar-refractivity contribution < 1.29 is 9.47 Å². The van der Waals surface area contributed by atoms with E-state index in [9.17, 15) is 0 Å². The maximum Gasteiger partial charge on any atom is 0.161 e. The summed E-state index contributed by atoms with van der Waals surface area (Å²) in [6, 6.07) is 23.5. The van der Waals surface area contributed by atoms with Gasteiger partial charge in [-0.3, -0.25) is 4.99 Å². The van der Waals surface area contributed by atoms with Crippen molar-refractivity contribution in [2.75, 3.05) is 18.5 Å². The summed E-state index contributed by atoms with van der Waals surface area (Å²) in [6.07, 6.45) is 7.69. The van der Waals surface area contributed by atoms with Crippen LogP contribution in [-0.4, -0.2) is 19.4 Å². The van der Waals surface area contributed by atoms with E-state index in [0.29, 0.717) is 31.1 Å². The summed E-state index contributed by atoms with van der Waals surface area (Å²) in [7, 11) is 0. The predicted molar refractivity (Wildman–Crippen MR) is 135 cm³/mol. The molecule has 1 N–H and O–H groups in total. The number of benzene rings is 3. The predicted octanol–water partition coefficient (Wildman–Crippen LogP) is 7.06. The smallest absolute Gasteiger partial charge is 0.161 e. The van der Waals surface area contributed by atoms with Gasteiger partial charge in [0.05, 0.1) is 24.9 Å². The van der Waals surface area contributed by atoms with Crippen molar-refractivity contribution in [3.8, 4) is 11.5 Å². The molecule has 2 aliphatic rings. The third kappa shape index (κ3) is 4.38.